The summed E-state index contributed by atoms with van der Waals surface area (Å²) >= 11 is 0. The lowest BCUT2D eigenvalue weighted by Gasteiger charge is -2.21. The van der Waals surface area contributed by atoms with Crippen LogP contribution in [0.5, 0.6) is 5.75 Å². The van der Waals surface area contributed by atoms with E-state index in [1.54, 1.807) is 18.2 Å². The van der Waals surface area contributed by atoms with Crippen LogP contribution < -0.4 is 20.5 Å². The fourth-order valence-corrected chi connectivity index (χ4v) is 3.14. The number of nitro groups is 1. The first-order chi connectivity index (χ1) is 14.0. The van der Waals surface area contributed by atoms with E-state index in [0.717, 1.165) is 31.5 Å². The van der Waals surface area contributed by atoms with Gasteiger partial charge in [0.1, 0.15) is 5.75 Å². The van der Waals surface area contributed by atoms with Gasteiger partial charge in [-0.1, -0.05) is 18.2 Å². The van der Waals surface area contributed by atoms with Gasteiger partial charge in [0.25, 0.3) is 17.5 Å². The molecule has 1 saturated heterocycles. The third kappa shape index (κ3) is 5.01. The molecular weight excluding hydrogens is 376 g/mol. The highest BCUT2D eigenvalue weighted by Gasteiger charge is 2.22. The van der Waals surface area contributed by atoms with Gasteiger partial charge in [0.05, 0.1) is 16.2 Å². The highest BCUT2D eigenvalue weighted by Crippen LogP contribution is 2.28. The minimum atomic E-state index is -0.625. The third-order valence-electron chi connectivity index (χ3n) is 4.65. The molecule has 0 spiro atoms. The summed E-state index contributed by atoms with van der Waals surface area (Å²) in [4.78, 5) is 37.2. The second-order valence-electron chi connectivity index (χ2n) is 6.71. The molecule has 0 bridgehead atoms. The van der Waals surface area contributed by atoms with E-state index in [1.807, 2.05) is 24.0 Å². The Morgan fingerprint density at radius 2 is 1.86 bits per heavy atom. The Bertz CT molecular complexity index is 925. The van der Waals surface area contributed by atoms with Crippen LogP contribution in [-0.4, -0.2) is 36.4 Å². The van der Waals surface area contributed by atoms with E-state index in [9.17, 15) is 19.7 Å². The molecule has 0 aromatic heterocycles. The van der Waals surface area contributed by atoms with E-state index in [4.69, 9.17) is 4.74 Å². The number of hydrazine groups is 1. The highest BCUT2D eigenvalue weighted by molar-refractivity contribution is 6.01. The maximum absolute atomic E-state index is 12.6. The summed E-state index contributed by atoms with van der Waals surface area (Å²) in [5.74, 6) is -0.599. The van der Waals surface area contributed by atoms with Gasteiger partial charge in [-0.2, -0.15) is 0 Å². The number of benzene rings is 2. The third-order valence-corrected chi connectivity index (χ3v) is 4.65. The normalized spacial score (nSPS) is 13.1. The second kappa shape index (κ2) is 9.05. The number of ether oxygens (including phenoxy) is 1. The topological polar surface area (TPSA) is 114 Å². The molecular formula is C20H22N4O5. The van der Waals surface area contributed by atoms with E-state index >= 15 is 0 Å². The van der Waals surface area contributed by atoms with Crippen molar-refractivity contribution in [3.05, 3.63) is 63.7 Å². The molecule has 2 N–H and O–H groups in total. The van der Waals surface area contributed by atoms with Crippen LogP contribution in [0.3, 0.4) is 0 Å². The first-order valence-electron chi connectivity index (χ1n) is 9.26. The fraction of sp³-hybridized carbons (Fsp3) is 0.300. The van der Waals surface area contributed by atoms with Crippen molar-refractivity contribution in [1.29, 1.82) is 0 Å². The molecule has 0 aliphatic carbocycles. The van der Waals surface area contributed by atoms with Gasteiger partial charge in [-0.3, -0.25) is 30.6 Å². The molecule has 0 saturated carbocycles. The Morgan fingerprint density at radius 3 is 2.55 bits per heavy atom. The number of nitrogens with zero attached hydrogens (tertiary/aromatic N) is 2. The number of hydrogen-bond donors (Lipinski definition) is 2. The van der Waals surface area contributed by atoms with Crippen LogP contribution in [-0.2, 0) is 4.79 Å². The number of carbonyl (C=O) groups is 2. The Kier molecular flexibility index (Phi) is 6.28. The van der Waals surface area contributed by atoms with Gasteiger partial charge in [-0.25, -0.2) is 0 Å². The van der Waals surface area contributed by atoms with Crippen molar-refractivity contribution in [1.82, 2.24) is 10.9 Å². The fourth-order valence-electron chi connectivity index (χ4n) is 3.14. The van der Waals surface area contributed by atoms with Gasteiger partial charge in [0.15, 0.2) is 6.61 Å². The number of anilines is 1. The summed E-state index contributed by atoms with van der Waals surface area (Å²) in [5.41, 5.74) is 6.04. The molecule has 2 aromatic carbocycles. The van der Waals surface area contributed by atoms with E-state index in [1.165, 1.54) is 12.1 Å². The molecule has 0 radical (unpaired) electrons. The summed E-state index contributed by atoms with van der Waals surface area (Å²) < 4.78 is 5.43. The largest absolute Gasteiger partial charge is 0.483 e. The standard InChI is InChI=1S/C20H22N4O5/c1-14-6-2-3-7-18(14)29-13-19(25)21-22-20(26)16-12-15(24(27)28)8-9-17(16)23-10-4-5-11-23/h2-3,6-9,12H,4-5,10-11,13H2,1H3,(H,21,25)(H,22,26). The van der Waals surface area contributed by atoms with Gasteiger partial charge < -0.3 is 9.64 Å². The average molecular weight is 398 g/mol. The molecule has 1 aliphatic heterocycles. The van der Waals surface area contributed by atoms with Crippen LogP contribution in [0.4, 0.5) is 11.4 Å². The number of nitrogens with one attached hydrogen (secondary N) is 2. The zero-order valence-corrected chi connectivity index (χ0v) is 16.0. The molecule has 2 aromatic rings. The number of carbonyl (C=O) groups excluding carboxylic acids is 2. The molecule has 0 atom stereocenters. The van der Waals surface area contributed by atoms with Crippen molar-refractivity contribution in [3.63, 3.8) is 0 Å². The molecule has 1 fully saturated rings. The van der Waals surface area contributed by atoms with Gasteiger partial charge >= 0.3 is 0 Å². The molecule has 0 unspecified atom stereocenters. The van der Waals surface area contributed by atoms with Crippen molar-refractivity contribution in [3.8, 4) is 5.75 Å². The number of hydrogen-bond acceptors (Lipinski definition) is 6. The van der Waals surface area contributed by atoms with E-state index < -0.39 is 16.7 Å². The maximum Gasteiger partial charge on any atom is 0.276 e. The molecule has 2 amide bonds. The lowest BCUT2D eigenvalue weighted by atomic mass is 10.1. The van der Waals surface area contributed by atoms with Crippen molar-refractivity contribution in [2.24, 2.45) is 0 Å². The monoisotopic (exact) mass is 398 g/mol. The summed E-state index contributed by atoms with van der Waals surface area (Å²) in [6.07, 6.45) is 1.98. The molecule has 1 heterocycles. The van der Waals surface area contributed by atoms with Gasteiger partial charge in [0.2, 0.25) is 0 Å². The van der Waals surface area contributed by atoms with E-state index in [0.29, 0.717) is 11.4 Å². The molecule has 9 nitrogen and oxygen atoms in total. The molecule has 3 rings (SSSR count). The van der Waals surface area contributed by atoms with Crippen molar-refractivity contribution >= 4 is 23.2 Å². The number of non-ortho nitro benzene ring substituents is 1. The minimum Gasteiger partial charge on any atom is -0.483 e. The lowest BCUT2D eigenvalue weighted by Crippen LogP contribution is -2.44. The van der Waals surface area contributed by atoms with Crippen LogP contribution in [0, 0.1) is 17.0 Å². The lowest BCUT2D eigenvalue weighted by molar-refractivity contribution is -0.384. The van der Waals surface area contributed by atoms with E-state index in [-0.39, 0.29) is 17.9 Å². The zero-order chi connectivity index (χ0) is 20.8. The number of para-hydroxylation sites is 1. The van der Waals surface area contributed by atoms with Crippen LogP contribution in [0.25, 0.3) is 0 Å². The summed E-state index contributed by atoms with van der Waals surface area (Å²) in [7, 11) is 0. The zero-order valence-electron chi connectivity index (χ0n) is 16.0. The Labute approximate surface area is 167 Å². The van der Waals surface area contributed by atoms with Gasteiger partial charge in [-0.05, 0) is 37.5 Å². The number of nitro benzene ring substituents is 1. The SMILES string of the molecule is Cc1ccccc1OCC(=O)NNC(=O)c1cc([N+](=O)[O-])ccc1N1CCCC1. The Hall–Kier alpha value is -3.62. The summed E-state index contributed by atoms with van der Waals surface area (Å²) in [5, 5.41) is 11.1. The van der Waals surface area contributed by atoms with Crippen molar-refractivity contribution < 1.29 is 19.2 Å². The van der Waals surface area contributed by atoms with Crippen molar-refractivity contribution in [2.75, 3.05) is 24.6 Å². The second-order valence-corrected chi connectivity index (χ2v) is 6.71. The highest BCUT2D eigenvalue weighted by atomic mass is 16.6. The minimum absolute atomic E-state index is 0.140. The average Bonchev–Trinajstić information content (AvgIpc) is 3.25. The molecule has 29 heavy (non-hydrogen) atoms. The predicted octanol–water partition coefficient (Wildman–Crippen LogP) is 2.34. The smallest absolute Gasteiger partial charge is 0.276 e. The van der Waals surface area contributed by atoms with Crippen LogP contribution in [0.2, 0.25) is 0 Å². The Morgan fingerprint density at radius 1 is 1.14 bits per heavy atom. The summed E-state index contributed by atoms with van der Waals surface area (Å²) in [6.45, 7) is 3.12. The first-order valence-corrected chi connectivity index (χ1v) is 9.26. The molecule has 9 heteroatoms. The summed E-state index contributed by atoms with van der Waals surface area (Å²) in [6, 6.07) is 11.4. The van der Waals surface area contributed by atoms with Crippen LogP contribution >= 0.6 is 0 Å². The first kappa shape index (κ1) is 20.1. The van der Waals surface area contributed by atoms with E-state index in [2.05, 4.69) is 10.9 Å². The molecule has 1 aliphatic rings. The Balaban J connectivity index is 1.64. The van der Waals surface area contributed by atoms with Crippen LogP contribution in [0.15, 0.2) is 42.5 Å². The predicted molar refractivity (Wildman–Crippen MR) is 107 cm³/mol. The van der Waals surface area contributed by atoms with Crippen molar-refractivity contribution in [2.45, 2.75) is 19.8 Å². The quantitative estimate of drug-likeness (QED) is 0.570. The number of aryl methyl sites for hydroxylation is 1. The number of rotatable bonds is 6. The van der Waals surface area contributed by atoms with Gasteiger partial charge in [0, 0.05) is 25.2 Å². The maximum atomic E-state index is 12.6. The van der Waals surface area contributed by atoms with Crippen LogP contribution in [0.1, 0.15) is 28.8 Å². The van der Waals surface area contributed by atoms with Gasteiger partial charge in [-0.15, -0.1) is 0 Å². The molecule has 152 valence electrons. The number of amides is 2.